The topological polar surface area (TPSA) is 64.4 Å². The van der Waals surface area contributed by atoms with Gasteiger partial charge in [0.05, 0.1) is 42.0 Å². The third-order valence-electron chi connectivity index (χ3n) is 5.44. The van der Waals surface area contributed by atoms with E-state index in [-0.39, 0.29) is 11.0 Å². The minimum Gasteiger partial charge on any atom is -0.468 e. The highest BCUT2D eigenvalue weighted by atomic mass is 35.5. The summed E-state index contributed by atoms with van der Waals surface area (Å²) >= 11 is 5.90. The van der Waals surface area contributed by atoms with Gasteiger partial charge in [0.2, 0.25) is 0 Å². The zero-order valence-electron chi connectivity index (χ0n) is 15.0. The molecule has 0 amide bonds. The van der Waals surface area contributed by atoms with Gasteiger partial charge in [-0.2, -0.15) is 0 Å². The number of carbonyl (C=O) groups excluding carboxylic acids is 1. The van der Waals surface area contributed by atoms with E-state index in [1.54, 1.807) is 18.3 Å². The van der Waals surface area contributed by atoms with Crippen molar-refractivity contribution >= 4 is 23.3 Å². The normalized spacial score (nSPS) is 18.0. The summed E-state index contributed by atoms with van der Waals surface area (Å²) in [4.78, 5) is 26.2. The standard InChI is InChI=1S/C20H19ClFN3O2/c1-27-19(26)20(8-3-2-4-9-20)15-11-24-18-14(25-15)10-23-17(18)12-6-5-7-13(21)16(12)22/h5-7,11H,2-4,8-10H2,1H3. The van der Waals surface area contributed by atoms with Crippen LogP contribution in [-0.2, 0) is 21.5 Å². The first-order valence-corrected chi connectivity index (χ1v) is 9.38. The molecule has 1 aromatic carbocycles. The summed E-state index contributed by atoms with van der Waals surface area (Å²) in [5.74, 6) is -0.786. The largest absolute Gasteiger partial charge is 0.468 e. The van der Waals surface area contributed by atoms with Crippen molar-refractivity contribution in [1.82, 2.24) is 9.97 Å². The maximum atomic E-state index is 14.4. The van der Waals surface area contributed by atoms with E-state index < -0.39 is 11.2 Å². The number of fused-ring (bicyclic) bond motifs is 1. The molecular weight excluding hydrogens is 369 g/mol. The van der Waals surface area contributed by atoms with Crippen molar-refractivity contribution in [2.24, 2.45) is 4.99 Å². The second kappa shape index (κ2) is 7.00. The SMILES string of the molecule is COC(=O)C1(c2cnc3c(n2)CN=C3c2cccc(Cl)c2F)CCCCC1. The van der Waals surface area contributed by atoms with Gasteiger partial charge in [-0.05, 0) is 25.0 Å². The number of nitrogens with zero attached hydrogens (tertiary/aromatic N) is 3. The Hall–Kier alpha value is -2.34. The predicted molar refractivity (Wildman–Crippen MR) is 99.6 cm³/mol. The van der Waals surface area contributed by atoms with Crippen molar-refractivity contribution in [1.29, 1.82) is 0 Å². The molecule has 27 heavy (non-hydrogen) atoms. The lowest BCUT2D eigenvalue weighted by molar-refractivity contribution is -0.149. The van der Waals surface area contributed by atoms with Crippen molar-refractivity contribution in [2.75, 3.05) is 7.11 Å². The molecule has 0 radical (unpaired) electrons. The average molecular weight is 388 g/mol. The second-order valence-electron chi connectivity index (χ2n) is 6.95. The summed E-state index contributed by atoms with van der Waals surface area (Å²) < 4.78 is 19.5. The van der Waals surface area contributed by atoms with Gasteiger partial charge in [0.1, 0.15) is 11.1 Å². The number of halogens is 2. The molecule has 4 rings (SSSR count). The summed E-state index contributed by atoms with van der Waals surface area (Å²) in [6.45, 7) is 0.300. The number of methoxy groups -OCH3 is 1. The molecule has 1 aromatic heterocycles. The number of carbonyl (C=O) groups is 1. The van der Waals surface area contributed by atoms with Gasteiger partial charge in [0.25, 0.3) is 0 Å². The Labute approximate surface area is 161 Å². The molecule has 0 spiro atoms. The van der Waals surface area contributed by atoms with Gasteiger partial charge in [-0.3, -0.25) is 19.8 Å². The van der Waals surface area contributed by atoms with E-state index in [1.807, 2.05) is 0 Å². The summed E-state index contributed by atoms with van der Waals surface area (Å²) in [6, 6.07) is 4.80. The van der Waals surface area contributed by atoms with Crippen LogP contribution in [0.1, 0.15) is 54.7 Å². The van der Waals surface area contributed by atoms with E-state index in [0.717, 1.165) is 19.3 Å². The van der Waals surface area contributed by atoms with E-state index in [0.29, 0.717) is 47.7 Å². The van der Waals surface area contributed by atoms with Crippen LogP contribution in [0.2, 0.25) is 5.02 Å². The number of rotatable bonds is 3. The first-order valence-electron chi connectivity index (χ1n) is 9.01. The third kappa shape index (κ3) is 2.92. The zero-order valence-corrected chi connectivity index (χ0v) is 15.7. The number of aromatic nitrogens is 2. The first-order chi connectivity index (χ1) is 13.1. The van der Waals surface area contributed by atoms with Crippen LogP contribution in [0, 0.1) is 5.82 Å². The molecular formula is C20H19ClFN3O2. The van der Waals surface area contributed by atoms with E-state index in [4.69, 9.17) is 21.3 Å². The lowest BCUT2D eigenvalue weighted by Gasteiger charge is -2.33. The van der Waals surface area contributed by atoms with Crippen molar-refractivity contribution in [3.8, 4) is 0 Å². The Bertz CT molecular complexity index is 939. The minimum absolute atomic E-state index is 0.0417. The Morgan fingerprint density at radius 2 is 2.04 bits per heavy atom. The van der Waals surface area contributed by atoms with Gasteiger partial charge < -0.3 is 4.74 Å². The first kappa shape index (κ1) is 18.0. The third-order valence-corrected chi connectivity index (χ3v) is 5.73. The van der Waals surface area contributed by atoms with Crippen LogP contribution in [-0.4, -0.2) is 28.8 Å². The van der Waals surface area contributed by atoms with Crippen LogP contribution in [0.25, 0.3) is 0 Å². The number of esters is 1. The van der Waals surface area contributed by atoms with Gasteiger partial charge in [0, 0.05) is 5.56 Å². The molecule has 0 bridgehead atoms. The van der Waals surface area contributed by atoms with E-state index in [2.05, 4.69) is 9.98 Å². The van der Waals surface area contributed by atoms with Crippen molar-refractivity contribution in [3.63, 3.8) is 0 Å². The summed E-state index contributed by atoms with van der Waals surface area (Å²) in [5, 5.41) is 0.0417. The number of benzene rings is 1. The Morgan fingerprint density at radius 1 is 1.26 bits per heavy atom. The second-order valence-corrected chi connectivity index (χ2v) is 7.36. The molecule has 5 nitrogen and oxygen atoms in total. The van der Waals surface area contributed by atoms with Crippen LogP contribution in [0.3, 0.4) is 0 Å². The van der Waals surface area contributed by atoms with Crippen LogP contribution in [0.4, 0.5) is 4.39 Å². The number of hydrogen-bond acceptors (Lipinski definition) is 5. The van der Waals surface area contributed by atoms with E-state index in [1.165, 1.54) is 13.2 Å². The highest BCUT2D eigenvalue weighted by Crippen LogP contribution is 2.40. The molecule has 0 saturated heterocycles. The summed E-state index contributed by atoms with van der Waals surface area (Å²) in [5.41, 5.74) is 1.81. The Morgan fingerprint density at radius 3 is 2.78 bits per heavy atom. The Balaban J connectivity index is 1.74. The Kier molecular flexibility index (Phi) is 4.68. The zero-order chi connectivity index (χ0) is 19.0. The number of ether oxygens (including phenoxy) is 1. The van der Waals surface area contributed by atoms with E-state index >= 15 is 0 Å². The van der Waals surface area contributed by atoms with Gasteiger partial charge in [-0.1, -0.05) is 36.9 Å². The molecule has 0 atom stereocenters. The van der Waals surface area contributed by atoms with Crippen molar-refractivity contribution < 1.29 is 13.9 Å². The van der Waals surface area contributed by atoms with Crippen LogP contribution >= 0.6 is 11.6 Å². The van der Waals surface area contributed by atoms with Crippen LogP contribution in [0.5, 0.6) is 0 Å². The lowest BCUT2D eigenvalue weighted by atomic mass is 9.72. The highest BCUT2D eigenvalue weighted by Gasteiger charge is 2.44. The summed E-state index contributed by atoms with van der Waals surface area (Å²) in [6.07, 6.45) is 6.00. The van der Waals surface area contributed by atoms with Gasteiger partial charge >= 0.3 is 5.97 Å². The molecule has 2 heterocycles. The molecule has 1 saturated carbocycles. The lowest BCUT2D eigenvalue weighted by Crippen LogP contribution is -2.40. The monoisotopic (exact) mass is 387 g/mol. The van der Waals surface area contributed by atoms with Crippen LogP contribution < -0.4 is 0 Å². The van der Waals surface area contributed by atoms with Gasteiger partial charge in [-0.15, -0.1) is 0 Å². The fraction of sp³-hybridized carbons (Fsp3) is 0.400. The highest BCUT2D eigenvalue weighted by molar-refractivity contribution is 6.31. The molecule has 2 aliphatic rings. The van der Waals surface area contributed by atoms with Gasteiger partial charge in [-0.25, -0.2) is 4.39 Å². The fourth-order valence-electron chi connectivity index (χ4n) is 4.01. The molecule has 1 fully saturated rings. The van der Waals surface area contributed by atoms with Crippen LogP contribution in [0.15, 0.2) is 29.4 Å². The quantitative estimate of drug-likeness (QED) is 0.747. The number of hydrogen-bond donors (Lipinski definition) is 0. The molecule has 2 aromatic rings. The smallest absolute Gasteiger partial charge is 0.317 e. The molecule has 140 valence electrons. The predicted octanol–water partition coefficient (Wildman–Crippen LogP) is 4.00. The van der Waals surface area contributed by atoms with Crippen molar-refractivity contribution in [3.05, 3.63) is 57.9 Å². The fourth-order valence-corrected chi connectivity index (χ4v) is 4.18. The molecule has 7 heteroatoms. The molecule has 1 aliphatic carbocycles. The minimum atomic E-state index is -0.751. The molecule has 0 unspecified atom stereocenters. The summed E-state index contributed by atoms with van der Waals surface area (Å²) in [7, 11) is 1.41. The number of aliphatic imine (C=N–C) groups is 1. The average Bonchev–Trinajstić information content (AvgIpc) is 3.13. The van der Waals surface area contributed by atoms with E-state index in [9.17, 15) is 9.18 Å². The van der Waals surface area contributed by atoms with Gasteiger partial charge in [0.15, 0.2) is 5.82 Å². The molecule has 0 N–H and O–H groups in total. The molecule has 1 aliphatic heterocycles. The maximum absolute atomic E-state index is 14.4. The maximum Gasteiger partial charge on any atom is 0.317 e. The van der Waals surface area contributed by atoms with Crippen molar-refractivity contribution in [2.45, 2.75) is 44.1 Å².